The zero-order valence-electron chi connectivity index (χ0n) is 20.8. The van der Waals surface area contributed by atoms with Gasteiger partial charge in [0.2, 0.25) is 0 Å². The normalized spacial score (nSPS) is 13.5. The monoisotopic (exact) mass is 438 g/mol. The molecule has 0 aliphatic carbocycles. The van der Waals surface area contributed by atoms with Crippen molar-refractivity contribution in [2.24, 2.45) is 0 Å². The van der Waals surface area contributed by atoms with Gasteiger partial charge >= 0.3 is 5.97 Å². The Kier molecular flexibility index (Phi) is 7.62. The molecule has 0 radical (unpaired) electrons. The number of benzene rings is 2. The second-order valence-corrected chi connectivity index (χ2v) is 10.0. The van der Waals surface area contributed by atoms with Gasteiger partial charge in [0.05, 0.1) is 11.7 Å². The highest BCUT2D eigenvalue weighted by molar-refractivity contribution is 5.87. The lowest BCUT2D eigenvalue weighted by atomic mass is 9.77. The average molecular weight is 439 g/mol. The first-order chi connectivity index (χ1) is 14.7. The summed E-state index contributed by atoms with van der Waals surface area (Å²) in [5, 5.41) is 9.60. The Hall–Kier alpha value is -2.59. The first-order valence-electron chi connectivity index (χ1n) is 11.2. The number of carbonyl (C=O) groups excluding carboxylic acids is 1. The van der Waals surface area contributed by atoms with Crippen LogP contribution in [0.15, 0.2) is 60.7 Å². The van der Waals surface area contributed by atoms with Crippen LogP contribution in [0.2, 0.25) is 0 Å². The van der Waals surface area contributed by atoms with Crippen LogP contribution in [-0.4, -0.2) is 22.8 Å². The summed E-state index contributed by atoms with van der Waals surface area (Å²) in [6.07, 6.45) is 0.417. The minimum Gasteiger partial charge on any atom is -0.508 e. The number of ether oxygens (including phenoxy) is 2. The molecule has 32 heavy (non-hydrogen) atoms. The predicted octanol–water partition coefficient (Wildman–Crippen LogP) is 6.65. The van der Waals surface area contributed by atoms with Gasteiger partial charge in [-0.05, 0) is 69.9 Å². The fourth-order valence-corrected chi connectivity index (χ4v) is 3.87. The molecule has 2 rings (SSSR count). The molecule has 0 saturated carbocycles. The molecular formula is C28H38O4. The van der Waals surface area contributed by atoms with Crippen molar-refractivity contribution >= 4 is 5.97 Å². The molecule has 174 valence electrons. The van der Waals surface area contributed by atoms with Gasteiger partial charge < -0.3 is 14.6 Å². The number of phenolic OH excluding ortho intramolecular Hbond substituents is 1. The van der Waals surface area contributed by atoms with Crippen LogP contribution in [0.5, 0.6) is 5.75 Å². The summed E-state index contributed by atoms with van der Waals surface area (Å²) in [7, 11) is 0. The van der Waals surface area contributed by atoms with Crippen LogP contribution in [0.4, 0.5) is 0 Å². The van der Waals surface area contributed by atoms with E-state index in [0.29, 0.717) is 12.0 Å². The first-order valence-corrected chi connectivity index (χ1v) is 11.2. The molecule has 0 unspecified atom stereocenters. The Morgan fingerprint density at radius 3 is 1.78 bits per heavy atom. The summed E-state index contributed by atoms with van der Waals surface area (Å²) >= 11 is 0. The highest BCUT2D eigenvalue weighted by atomic mass is 16.6. The highest BCUT2D eigenvalue weighted by Crippen LogP contribution is 2.36. The number of hydrogen-bond acceptors (Lipinski definition) is 4. The number of aromatic hydroxyl groups is 1. The molecule has 1 N–H and O–H groups in total. The quantitative estimate of drug-likeness (QED) is 0.352. The van der Waals surface area contributed by atoms with Crippen molar-refractivity contribution in [1.82, 2.24) is 0 Å². The maximum absolute atomic E-state index is 12.1. The minimum absolute atomic E-state index is 0.206. The molecular weight excluding hydrogens is 400 g/mol. The molecule has 2 aromatic rings. The van der Waals surface area contributed by atoms with E-state index >= 15 is 0 Å². The van der Waals surface area contributed by atoms with Gasteiger partial charge in [0.1, 0.15) is 11.4 Å². The van der Waals surface area contributed by atoms with E-state index in [1.54, 1.807) is 19.1 Å². The van der Waals surface area contributed by atoms with Crippen LogP contribution in [0, 0.1) is 0 Å². The van der Waals surface area contributed by atoms with Crippen LogP contribution >= 0.6 is 0 Å². The van der Waals surface area contributed by atoms with Gasteiger partial charge in [-0.3, -0.25) is 0 Å². The number of esters is 1. The smallest absolute Gasteiger partial charge is 0.333 e. The number of phenols is 1. The lowest BCUT2D eigenvalue weighted by Gasteiger charge is -2.39. The molecule has 0 aliphatic heterocycles. The van der Waals surface area contributed by atoms with E-state index in [4.69, 9.17) is 9.47 Å². The predicted molar refractivity (Wildman–Crippen MR) is 130 cm³/mol. The molecule has 0 aromatic heterocycles. The molecule has 2 aromatic carbocycles. The first kappa shape index (κ1) is 25.7. The zero-order chi connectivity index (χ0) is 24.3. The van der Waals surface area contributed by atoms with Crippen LogP contribution in [0.25, 0.3) is 0 Å². The summed E-state index contributed by atoms with van der Waals surface area (Å²) in [5.41, 5.74) is 2.15. The number of rotatable bonds is 9. The molecule has 0 fully saturated rings. The summed E-state index contributed by atoms with van der Waals surface area (Å²) < 4.78 is 12.2. The summed E-state index contributed by atoms with van der Waals surface area (Å²) in [6, 6.07) is 15.8. The number of carbonyl (C=O) groups is 1. The van der Waals surface area contributed by atoms with Gasteiger partial charge in [-0.1, -0.05) is 63.7 Å². The molecule has 0 spiro atoms. The number of hydrogen-bond donors (Lipinski definition) is 1. The van der Waals surface area contributed by atoms with E-state index in [9.17, 15) is 9.90 Å². The van der Waals surface area contributed by atoms with Gasteiger partial charge in [-0.15, -0.1) is 0 Å². The molecule has 0 bridgehead atoms. The lowest BCUT2D eigenvalue weighted by molar-refractivity contribution is -0.187. The third kappa shape index (κ3) is 5.80. The van der Waals surface area contributed by atoms with Crippen molar-refractivity contribution < 1.29 is 19.4 Å². The summed E-state index contributed by atoms with van der Waals surface area (Å²) in [6.45, 7) is 19.5. The van der Waals surface area contributed by atoms with Crippen molar-refractivity contribution in [3.05, 3.63) is 77.4 Å². The Morgan fingerprint density at radius 1 is 0.906 bits per heavy atom. The fraction of sp³-hybridized carbons (Fsp3) is 0.464. The van der Waals surface area contributed by atoms with E-state index in [1.165, 1.54) is 5.56 Å². The van der Waals surface area contributed by atoms with E-state index in [1.807, 2.05) is 46.8 Å². The maximum atomic E-state index is 12.1. The minimum atomic E-state index is -0.789. The van der Waals surface area contributed by atoms with Gasteiger partial charge in [0.15, 0.2) is 0 Å². The van der Waals surface area contributed by atoms with Gasteiger partial charge in [-0.2, -0.15) is 0 Å². The van der Waals surface area contributed by atoms with Gasteiger partial charge in [-0.25, -0.2) is 4.79 Å². The Balaban J connectivity index is 2.24. The van der Waals surface area contributed by atoms with Gasteiger partial charge in [0.25, 0.3) is 0 Å². The van der Waals surface area contributed by atoms with Crippen molar-refractivity contribution in [2.75, 3.05) is 0 Å². The molecule has 1 atom stereocenters. The van der Waals surface area contributed by atoms with E-state index in [0.717, 1.165) is 11.1 Å². The van der Waals surface area contributed by atoms with Crippen molar-refractivity contribution in [1.29, 1.82) is 0 Å². The second kappa shape index (κ2) is 9.50. The van der Waals surface area contributed by atoms with Crippen molar-refractivity contribution in [2.45, 2.75) is 84.5 Å². The van der Waals surface area contributed by atoms with Crippen LogP contribution in [0.1, 0.15) is 78.5 Å². The van der Waals surface area contributed by atoms with Crippen LogP contribution in [0.3, 0.4) is 0 Å². The van der Waals surface area contributed by atoms with Crippen molar-refractivity contribution in [3.63, 3.8) is 0 Å². The fourth-order valence-electron chi connectivity index (χ4n) is 3.87. The third-order valence-electron chi connectivity index (χ3n) is 6.18. The van der Waals surface area contributed by atoms with Crippen molar-refractivity contribution in [3.8, 4) is 5.75 Å². The summed E-state index contributed by atoms with van der Waals surface area (Å²) in [4.78, 5) is 12.1. The Bertz CT molecular complexity index is 934. The molecule has 0 aliphatic rings. The maximum Gasteiger partial charge on any atom is 0.333 e. The topological polar surface area (TPSA) is 55.8 Å². The lowest BCUT2D eigenvalue weighted by Crippen LogP contribution is -2.45. The molecule has 4 nitrogen and oxygen atoms in total. The molecule has 4 heteroatoms. The molecule has 0 heterocycles. The zero-order valence-corrected chi connectivity index (χ0v) is 20.8. The highest BCUT2D eigenvalue weighted by Gasteiger charge is 2.38. The average Bonchev–Trinajstić information content (AvgIpc) is 2.72. The SMILES string of the molecule is C=C(C)C(=O)OC(C)(C)[C@@H](CC)OC(C)(C)c1ccc(C(C)(C)c2ccc(O)cc2)cc1. The standard InChI is InChI=1S/C28H38O4/c1-10-24(28(8,9)32-25(30)19(2)3)31-27(6,7)22-13-11-20(12-14-22)26(4,5)21-15-17-23(29)18-16-21/h11-18,24,29H,2,10H2,1,3-9H3/t24-/m1/s1. The van der Waals surface area contributed by atoms with E-state index in [-0.39, 0.29) is 17.3 Å². The second-order valence-electron chi connectivity index (χ2n) is 10.0. The largest absolute Gasteiger partial charge is 0.508 e. The summed E-state index contributed by atoms with van der Waals surface area (Å²) in [5.74, 6) is -0.142. The third-order valence-corrected chi connectivity index (χ3v) is 6.18. The van der Waals surface area contributed by atoms with Crippen LogP contribution < -0.4 is 0 Å². The molecule has 0 amide bonds. The molecule has 0 saturated heterocycles. The Labute approximate surface area is 193 Å². The van der Waals surface area contributed by atoms with Gasteiger partial charge in [0, 0.05) is 11.0 Å². The van der Waals surface area contributed by atoms with E-state index in [2.05, 4.69) is 44.7 Å². The van der Waals surface area contributed by atoms with Crippen LogP contribution in [-0.2, 0) is 25.3 Å². The van der Waals surface area contributed by atoms with E-state index < -0.39 is 17.2 Å². The Morgan fingerprint density at radius 2 is 1.34 bits per heavy atom.